The van der Waals surface area contributed by atoms with Gasteiger partial charge in [0.15, 0.2) is 12.5 Å². The number of aliphatic hydroxyl groups excluding tert-OH is 1. The van der Waals surface area contributed by atoms with Gasteiger partial charge in [-0.15, -0.1) is 0 Å². The van der Waals surface area contributed by atoms with E-state index in [0.29, 0.717) is 0 Å². The van der Waals surface area contributed by atoms with E-state index in [1.54, 1.807) is 0 Å². The third-order valence-corrected chi connectivity index (χ3v) is 1.09. The van der Waals surface area contributed by atoms with Gasteiger partial charge in [-0.3, -0.25) is 30.6 Å². The van der Waals surface area contributed by atoms with E-state index in [2.05, 4.69) is 14.2 Å². The molecule has 2 atom stereocenters. The van der Waals surface area contributed by atoms with E-state index in [1.165, 1.54) is 6.92 Å². The third-order valence-electron chi connectivity index (χ3n) is 1.09. The average molecular weight is 312 g/mol. The summed E-state index contributed by atoms with van der Waals surface area (Å²) in [7, 11) is 0. The van der Waals surface area contributed by atoms with Crippen LogP contribution in [0.25, 0.3) is 0 Å². The number of aliphatic carboxylic acids is 1. The molecule has 0 rings (SSSR count). The summed E-state index contributed by atoms with van der Waals surface area (Å²) in [4.78, 5) is 38.1. The molecule has 0 aliphatic heterocycles. The number of hydrogen-bond donors (Lipinski definition) is 4. The van der Waals surface area contributed by atoms with Crippen LogP contribution in [-0.2, 0) is 33.4 Å². The van der Waals surface area contributed by atoms with E-state index in [1.807, 2.05) is 0 Å². The first-order valence-electron chi connectivity index (χ1n) is 5.34. The van der Waals surface area contributed by atoms with Crippen LogP contribution in [0.4, 0.5) is 0 Å². The summed E-state index contributed by atoms with van der Waals surface area (Å²) in [6.07, 6.45) is -1.72. The molecule has 6 N–H and O–H groups in total. The summed E-state index contributed by atoms with van der Waals surface area (Å²) in [6, 6.07) is 0. The van der Waals surface area contributed by atoms with Gasteiger partial charge in [0.2, 0.25) is 0 Å². The Morgan fingerprint density at radius 1 is 1.10 bits per heavy atom. The SMILES string of the molecule is CC(=O)O.CC(=O)OCC(N)OC=O.NC(CO)OC=O. The summed E-state index contributed by atoms with van der Waals surface area (Å²) < 4.78 is 12.7. The van der Waals surface area contributed by atoms with Crippen molar-refractivity contribution in [2.75, 3.05) is 13.2 Å². The number of ether oxygens (including phenoxy) is 3. The predicted octanol–water partition coefficient (Wildman–Crippen LogP) is -2.47. The van der Waals surface area contributed by atoms with E-state index in [4.69, 9.17) is 26.5 Å². The highest BCUT2D eigenvalue weighted by Gasteiger charge is 2.02. The van der Waals surface area contributed by atoms with Crippen LogP contribution in [0.2, 0.25) is 0 Å². The molecule has 21 heavy (non-hydrogen) atoms. The fourth-order valence-electron chi connectivity index (χ4n) is 0.425. The lowest BCUT2D eigenvalue weighted by Gasteiger charge is -2.07. The summed E-state index contributed by atoms with van der Waals surface area (Å²) in [5.41, 5.74) is 9.98. The van der Waals surface area contributed by atoms with Crippen molar-refractivity contribution in [2.24, 2.45) is 11.5 Å². The second-order valence-electron chi connectivity index (χ2n) is 3.05. The Balaban J connectivity index is -0.000000256. The summed E-state index contributed by atoms with van der Waals surface area (Å²) in [5, 5.41) is 15.5. The Bertz CT molecular complexity index is 294. The molecule has 0 fully saturated rings. The standard InChI is InChI=1S/C5H9NO4.C3H7NO3.C2H4O2/c1-4(8)9-2-5(6)10-3-7;4-3(1-5)7-2-6;1-2(3)4/h3,5H,2,6H2,1H3;2-3,5H,1,4H2;1H3,(H,3,4). The molecule has 0 saturated heterocycles. The van der Waals surface area contributed by atoms with E-state index in [0.717, 1.165) is 6.92 Å². The van der Waals surface area contributed by atoms with E-state index in [-0.39, 0.29) is 26.2 Å². The third kappa shape index (κ3) is 38.1. The second-order valence-corrected chi connectivity index (χ2v) is 3.05. The van der Waals surface area contributed by atoms with Crippen LogP contribution >= 0.6 is 0 Å². The summed E-state index contributed by atoms with van der Waals surface area (Å²) in [6.45, 7) is 2.29. The van der Waals surface area contributed by atoms with Gasteiger partial charge in [-0.1, -0.05) is 0 Å². The fraction of sp³-hybridized carbons (Fsp3) is 0.600. The largest absolute Gasteiger partial charge is 0.481 e. The highest BCUT2D eigenvalue weighted by molar-refractivity contribution is 5.65. The number of hydrogen-bond acceptors (Lipinski definition) is 10. The first-order valence-corrected chi connectivity index (χ1v) is 5.34. The number of carboxylic acids is 1. The van der Waals surface area contributed by atoms with Gasteiger partial charge in [-0.25, -0.2) is 0 Å². The number of carboxylic acid groups (broad SMARTS) is 1. The lowest BCUT2D eigenvalue weighted by Crippen LogP contribution is -2.29. The molecule has 0 aromatic rings. The molecule has 0 aliphatic carbocycles. The van der Waals surface area contributed by atoms with E-state index in [9.17, 15) is 14.4 Å². The number of aliphatic hydroxyl groups is 1. The van der Waals surface area contributed by atoms with Crippen LogP contribution in [0.15, 0.2) is 0 Å². The normalized spacial score (nSPS) is 11.1. The van der Waals surface area contributed by atoms with Crippen LogP contribution in [0.5, 0.6) is 0 Å². The molecule has 0 spiro atoms. The minimum atomic E-state index is -0.863. The topological polar surface area (TPSA) is 188 Å². The fourth-order valence-corrected chi connectivity index (χ4v) is 0.425. The molecule has 0 heterocycles. The molecule has 2 unspecified atom stereocenters. The Morgan fingerprint density at radius 3 is 1.71 bits per heavy atom. The molecule has 0 aromatic heterocycles. The van der Waals surface area contributed by atoms with Crippen molar-refractivity contribution in [2.45, 2.75) is 26.3 Å². The minimum Gasteiger partial charge on any atom is -0.481 e. The van der Waals surface area contributed by atoms with Crippen molar-refractivity contribution in [1.82, 2.24) is 0 Å². The lowest BCUT2D eigenvalue weighted by atomic mass is 10.6. The van der Waals surface area contributed by atoms with E-state index >= 15 is 0 Å². The number of esters is 1. The van der Waals surface area contributed by atoms with Crippen molar-refractivity contribution >= 4 is 24.9 Å². The van der Waals surface area contributed by atoms with Crippen molar-refractivity contribution in [3.63, 3.8) is 0 Å². The van der Waals surface area contributed by atoms with Crippen LogP contribution in [-0.4, -0.2) is 60.8 Å². The van der Waals surface area contributed by atoms with Crippen LogP contribution in [0.1, 0.15) is 13.8 Å². The average Bonchev–Trinajstić information content (AvgIpc) is 2.37. The molecule has 11 heteroatoms. The Labute approximate surface area is 120 Å². The van der Waals surface area contributed by atoms with Gasteiger partial charge in [0.25, 0.3) is 18.9 Å². The number of carbonyl (C=O) groups excluding carboxylic acids is 3. The maximum atomic E-state index is 10.1. The molecular formula is C10H20N2O9. The van der Waals surface area contributed by atoms with Crippen LogP contribution < -0.4 is 11.5 Å². The zero-order valence-electron chi connectivity index (χ0n) is 11.6. The van der Waals surface area contributed by atoms with Gasteiger partial charge in [-0.05, 0) is 0 Å². The maximum absolute atomic E-state index is 10.1. The van der Waals surface area contributed by atoms with Crippen LogP contribution in [0.3, 0.4) is 0 Å². The molecule has 124 valence electrons. The van der Waals surface area contributed by atoms with Gasteiger partial charge in [0.1, 0.15) is 6.61 Å². The van der Waals surface area contributed by atoms with Gasteiger partial charge in [-0.2, -0.15) is 0 Å². The minimum absolute atomic E-state index is 0.103. The molecular weight excluding hydrogens is 292 g/mol. The van der Waals surface area contributed by atoms with Crippen molar-refractivity contribution in [3.05, 3.63) is 0 Å². The number of nitrogens with two attached hydrogens (primary N) is 2. The first kappa shape index (κ1) is 23.8. The predicted molar refractivity (Wildman–Crippen MR) is 67.3 cm³/mol. The number of carbonyl (C=O) groups is 4. The summed E-state index contributed by atoms with van der Waals surface area (Å²) >= 11 is 0. The molecule has 0 aliphatic rings. The van der Waals surface area contributed by atoms with E-state index < -0.39 is 24.4 Å². The van der Waals surface area contributed by atoms with Crippen molar-refractivity contribution < 1.29 is 43.6 Å². The van der Waals surface area contributed by atoms with Gasteiger partial charge in [0.05, 0.1) is 6.61 Å². The van der Waals surface area contributed by atoms with Crippen LogP contribution in [0, 0.1) is 0 Å². The Morgan fingerprint density at radius 2 is 1.48 bits per heavy atom. The Hall–Kier alpha value is -2.24. The molecule has 0 bridgehead atoms. The molecule has 0 amide bonds. The highest BCUT2D eigenvalue weighted by Crippen LogP contribution is 1.82. The van der Waals surface area contributed by atoms with Gasteiger partial charge >= 0.3 is 5.97 Å². The smallest absolute Gasteiger partial charge is 0.302 e. The quantitative estimate of drug-likeness (QED) is 0.169. The highest BCUT2D eigenvalue weighted by atomic mass is 16.6. The molecule has 0 saturated carbocycles. The molecule has 11 nitrogen and oxygen atoms in total. The van der Waals surface area contributed by atoms with Gasteiger partial charge < -0.3 is 24.4 Å². The maximum Gasteiger partial charge on any atom is 0.302 e. The zero-order valence-corrected chi connectivity index (χ0v) is 11.6. The number of rotatable bonds is 7. The lowest BCUT2D eigenvalue weighted by molar-refractivity contribution is -0.149. The monoisotopic (exact) mass is 312 g/mol. The Kier molecular flexibility index (Phi) is 20.1. The summed E-state index contributed by atoms with van der Waals surface area (Å²) in [5.74, 6) is -1.29. The zero-order chi connectivity index (χ0) is 17.3. The molecule has 0 radical (unpaired) electrons. The van der Waals surface area contributed by atoms with Crippen molar-refractivity contribution in [1.29, 1.82) is 0 Å². The van der Waals surface area contributed by atoms with Gasteiger partial charge in [0, 0.05) is 13.8 Å². The second kappa shape index (κ2) is 17.8. The van der Waals surface area contributed by atoms with Crippen molar-refractivity contribution in [3.8, 4) is 0 Å². The molecule has 0 aromatic carbocycles. The first-order chi connectivity index (χ1) is 9.70.